The summed E-state index contributed by atoms with van der Waals surface area (Å²) in [7, 11) is 2.73. The molecule has 2 fully saturated rings. The van der Waals surface area contributed by atoms with Crippen LogP contribution in [0.5, 0.6) is 0 Å². The molecule has 0 saturated carbocycles. The van der Waals surface area contributed by atoms with Gasteiger partial charge in [0.1, 0.15) is 17.7 Å². The van der Waals surface area contributed by atoms with Crippen LogP contribution in [0.1, 0.15) is 47.5 Å². The SMILES string of the molecule is C=C[C@@H]1[C@H](C)C[C@@H](C(=O)OC)N1C(=O)OC(C)(C)C.C=C[C@H]1N[C@H](C(=O)OC)C[C@H]1C. The number of methoxy groups -OCH3 is 2. The number of ether oxygens (including phenoxy) is 3. The Morgan fingerprint density at radius 2 is 1.55 bits per heavy atom. The van der Waals surface area contributed by atoms with Gasteiger partial charge in [0.25, 0.3) is 0 Å². The lowest BCUT2D eigenvalue weighted by molar-refractivity contribution is -0.146. The summed E-state index contributed by atoms with van der Waals surface area (Å²) in [5.74, 6) is 0.0222. The molecule has 1 amide bonds. The minimum Gasteiger partial charge on any atom is -0.468 e. The Bertz CT molecular complexity index is 671. The van der Waals surface area contributed by atoms with Crippen LogP contribution in [0.3, 0.4) is 0 Å². The lowest BCUT2D eigenvalue weighted by atomic mass is 10.0. The zero-order valence-corrected chi connectivity index (χ0v) is 19.8. The van der Waals surface area contributed by atoms with Gasteiger partial charge in [0.05, 0.1) is 20.3 Å². The largest absolute Gasteiger partial charge is 0.468 e. The molecule has 8 heteroatoms. The highest BCUT2D eigenvalue weighted by Crippen LogP contribution is 2.32. The van der Waals surface area contributed by atoms with E-state index in [0.717, 1.165) is 6.42 Å². The molecule has 176 valence electrons. The Balaban J connectivity index is 0.000000343. The van der Waals surface area contributed by atoms with Crippen LogP contribution in [-0.4, -0.2) is 66.9 Å². The monoisotopic (exact) mass is 438 g/mol. The Hall–Kier alpha value is -2.35. The standard InChI is InChI=1S/C14H23NO4.C9H15NO2/c1-7-10-9(2)8-11(12(16)18-6)15(10)13(17)19-14(3,4)5;1-4-7-6(2)5-8(10-7)9(11)12-3/h7,9-11H,1,8H2,2-6H3;4,6-8,10H,1,5H2,2-3H3/t9-,10-,11+;6-,7-,8+/m11/s1. The van der Waals surface area contributed by atoms with Crippen LogP contribution < -0.4 is 5.32 Å². The predicted octanol–water partition coefficient (Wildman–Crippen LogP) is 3.07. The molecule has 0 aromatic carbocycles. The highest BCUT2D eigenvalue weighted by atomic mass is 16.6. The Morgan fingerprint density at radius 3 is 1.97 bits per heavy atom. The minimum atomic E-state index is -0.602. The van der Waals surface area contributed by atoms with E-state index in [1.807, 2.05) is 13.0 Å². The highest BCUT2D eigenvalue weighted by Gasteiger charge is 2.46. The molecule has 2 aliphatic heterocycles. The molecule has 0 aromatic rings. The van der Waals surface area contributed by atoms with Crippen molar-refractivity contribution < 1.29 is 28.6 Å². The molecule has 2 aliphatic rings. The molecule has 1 N–H and O–H groups in total. The first-order valence-electron chi connectivity index (χ1n) is 10.6. The second-order valence-electron chi connectivity index (χ2n) is 9.08. The molecule has 0 spiro atoms. The van der Waals surface area contributed by atoms with Gasteiger partial charge in [0.2, 0.25) is 0 Å². The van der Waals surface area contributed by atoms with Gasteiger partial charge < -0.3 is 14.2 Å². The molecule has 6 atom stereocenters. The lowest BCUT2D eigenvalue weighted by Crippen LogP contribution is -2.47. The topological polar surface area (TPSA) is 94.2 Å². The van der Waals surface area contributed by atoms with E-state index >= 15 is 0 Å². The third-order valence-corrected chi connectivity index (χ3v) is 5.51. The van der Waals surface area contributed by atoms with Crippen molar-refractivity contribution in [2.75, 3.05) is 14.2 Å². The summed E-state index contributed by atoms with van der Waals surface area (Å²) in [5, 5.41) is 3.15. The van der Waals surface area contributed by atoms with Gasteiger partial charge in [0, 0.05) is 6.04 Å². The Morgan fingerprint density at radius 1 is 0.968 bits per heavy atom. The molecule has 31 heavy (non-hydrogen) atoms. The van der Waals surface area contributed by atoms with E-state index in [0.29, 0.717) is 12.3 Å². The number of esters is 2. The van der Waals surface area contributed by atoms with Crippen molar-refractivity contribution >= 4 is 18.0 Å². The second kappa shape index (κ2) is 11.3. The summed E-state index contributed by atoms with van der Waals surface area (Å²) < 4.78 is 14.8. The van der Waals surface area contributed by atoms with Gasteiger partial charge in [-0.25, -0.2) is 9.59 Å². The van der Waals surface area contributed by atoms with Crippen molar-refractivity contribution in [1.82, 2.24) is 10.2 Å². The molecule has 8 nitrogen and oxygen atoms in total. The van der Waals surface area contributed by atoms with Gasteiger partial charge in [-0.05, 0) is 45.4 Å². The molecule has 0 radical (unpaired) electrons. The summed E-state index contributed by atoms with van der Waals surface area (Å²) in [6, 6.07) is -0.709. The average molecular weight is 439 g/mol. The van der Waals surface area contributed by atoms with E-state index in [1.54, 1.807) is 26.8 Å². The van der Waals surface area contributed by atoms with E-state index in [1.165, 1.54) is 19.1 Å². The number of hydrogen-bond donors (Lipinski definition) is 1. The van der Waals surface area contributed by atoms with Crippen molar-refractivity contribution in [3.8, 4) is 0 Å². The maximum atomic E-state index is 12.3. The molecule has 0 aromatic heterocycles. The predicted molar refractivity (Wildman–Crippen MR) is 118 cm³/mol. The fourth-order valence-corrected chi connectivity index (χ4v) is 3.93. The van der Waals surface area contributed by atoms with Gasteiger partial charge in [-0.15, -0.1) is 13.2 Å². The van der Waals surface area contributed by atoms with E-state index in [-0.39, 0.29) is 30.0 Å². The summed E-state index contributed by atoms with van der Waals surface area (Å²) in [5.41, 5.74) is -0.602. The number of nitrogens with one attached hydrogen (secondary N) is 1. The van der Waals surface area contributed by atoms with Crippen LogP contribution >= 0.6 is 0 Å². The van der Waals surface area contributed by atoms with Gasteiger partial charge in [-0.3, -0.25) is 15.0 Å². The molecular weight excluding hydrogens is 400 g/mol. The van der Waals surface area contributed by atoms with Gasteiger partial charge in [-0.2, -0.15) is 0 Å². The summed E-state index contributed by atoms with van der Waals surface area (Å²) in [6.45, 7) is 16.9. The van der Waals surface area contributed by atoms with Crippen molar-refractivity contribution in [3.05, 3.63) is 25.3 Å². The summed E-state index contributed by atoms with van der Waals surface area (Å²) in [4.78, 5) is 36.6. The normalized spacial score (nSPS) is 30.0. The molecule has 2 rings (SSSR count). The first kappa shape index (κ1) is 26.7. The lowest BCUT2D eigenvalue weighted by Gasteiger charge is -2.30. The number of likely N-dealkylation sites (tertiary alicyclic amines) is 1. The fourth-order valence-electron chi connectivity index (χ4n) is 3.93. The van der Waals surface area contributed by atoms with Crippen LogP contribution in [0, 0.1) is 11.8 Å². The number of nitrogens with zero attached hydrogens (tertiary/aromatic N) is 1. The third-order valence-electron chi connectivity index (χ3n) is 5.51. The highest BCUT2D eigenvalue weighted by molar-refractivity contribution is 5.82. The van der Waals surface area contributed by atoms with E-state index in [9.17, 15) is 14.4 Å². The molecule has 0 aliphatic carbocycles. The maximum absolute atomic E-state index is 12.3. The molecular formula is C23H38N2O6. The summed E-state index contributed by atoms with van der Waals surface area (Å²) >= 11 is 0. The van der Waals surface area contributed by atoms with Crippen LogP contribution in [0.25, 0.3) is 0 Å². The van der Waals surface area contributed by atoms with Crippen molar-refractivity contribution in [2.24, 2.45) is 11.8 Å². The summed E-state index contributed by atoms with van der Waals surface area (Å²) in [6.07, 6.45) is 4.41. The molecule has 2 heterocycles. The molecule has 2 saturated heterocycles. The molecule has 0 unspecified atom stereocenters. The van der Waals surface area contributed by atoms with Crippen molar-refractivity contribution in [3.63, 3.8) is 0 Å². The van der Waals surface area contributed by atoms with Crippen LogP contribution in [0.2, 0.25) is 0 Å². The van der Waals surface area contributed by atoms with Gasteiger partial charge >= 0.3 is 18.0 Å². The van der Waals surface area contributed by atoms with Crippen molar-refractivity contribution in [2.45, 2.75) is 77.2 Å². The van der Waals surface area contributed by atoms with Gasteiger partial charge in [0.15, 0.2) is 0 Å². The zero-order valence-electron chi connectivity index (χ0n) is 19.8. The maximum Gasteiger partial charge on any atom is 0.411 e. The Kier molecular flexibility index (Phi) is 9.74. The van der Waals surface area contributed by atoms with Crippen molar-refractivity contribution in [1.29, 1.82) is 0 Å². The van der Waals surface area contributed by atoms with E-state index < -0.39 is 23.7 Å². The van der Waals surface area contributed by atoms with E-state index in [4.69, 9.17) is 9.47 Å². The van der Waals surface area contributed by atoms with Crippen LogP contribution in [0.4, 0.5) is 4.79 Å². The zero-order chi connectivity index (χ0) is 23.9. The quantitative estimate of drug-likeness (QED) is 0.409. The fraction of sp³-hybridized carbons (Fsp3) is 0.696. The minimum absolute atomic E-state index is 0.145. The second-order valence-corrected chi connectivity index (χ2v) is 9.08. The average Bonchev–Trinajstić information content (AvgIpc) is 3.25. The smallest absolute Gasteiger partial charge is 0.411 e. The van der Waals surface area contributed by atoms with Crippen LogP contribution in [0.15, 0.2) is 25.3 Å². The third kappa shape index (κ3) is 7.09. The first-order valence-corrected chi connectivity index (χ1v) is 10.6. The number of carbonyl (C=O) groups is 3. The van der Waals surface area contributed by atoms with Gasteiger partial charge in [-0.1, -0.05) is 26.0 Å². The number of rotatable bonds is 4. The van der Waals surface area contributed by atoms with E-state index in [2.05, 4.69) is 30.1 Å². The first-order chi connectivity index (χ1) is 14.4. The number of carbonyl (C=O) groups excluding carboxylic acids is 3. The molecule has 0 bridgehead atoms. The Labute approximate surface area is 186 Å². The van der Waals surface area contributed by atoms with Crippen LogP contribution in [-0.2, 0) is 23.8 Å². The number of hydrogen-bond acceptors (Lipinski definition) is 7. The number of amides is 1.